The molecule has 110 valence electrons. The maximum atomic E-state index is 12.6. The van der Waals surface area contributed by atoms with Crippen molar-refractivity contribution < 1.29 is 13.2 Å². The van der Waals surface area contributed by atoms with Gasteiger partial charge in [-0.25, -0.2) is 0 Å². The van der Waals surface area contributed by atoms with E-state index in [1.54, 1.807) is 0 Å². The Morgan fingerprint density at radius 2 is 1.53 bits per heavy atom. The normalized spacial score (nSPS) is 9.74. The minimum Gasteiger partial charge on any atom is -0.398 e. The van der Waals surface area contributed by atoms with Crippen molar-refractivity contribution in [2.45, 2.75) is 47.7 Å². The van der Waals surface area contributed by atoms with Crippen molar-refractivity contribution in [3.63, 3.8) is 0 Å². The van der Waals surface area contributed by atoms with Gasteiger partial charge >= 0.3 is 6.18 Å². The van der Waals surface area contributed by atoms with Gasteiger partial charge in [0.15, 0.2) is 0 Å². The number of rotatable bonds is 1. The molecule has 0 aliphatic rings. The number of hydrogen-bond acceptors (Lipinski definition) is 2. The van der Waals surface area contributed by atoms with Crippen molar-refractivity contribution in [2.24, 2.45) is 0 Å². The fourth-order valence-electron chi connectivity index (χ4n) is 1.46. The van der Waals surface area contributed by atoms with E-state index in [1.807, 2.05) is 27.7 Å². The number of halogens is 3. The molecule has 0 heterocycles. The summed E-state index contributed by atoms with van der Waals surface area (Å²) >= 11 is 0. The summed E-state index contributed by atoms with van der Waals surface area (Å²) in [6, 6.07) is 2.44. The van der Waals surface area contributed by atoms with Crippen LogP contribution >= 0.6 is 0 Å². The van der Waals surface area contributed by atoms with Crippen LogP contribution in [-0.2, 0) is 6.18 Å². The van der Waals surface area contributed by atoms with Crippen LogP contribution < -0.4 is 5.73 Å². The van der Waals surface area contributed by atoms with Crippen LogP contribution in [0.15, 0.2) is 12.1 Å². The quantitative estimate of drug-likeness (QED) is 0.548. The Labute approximate surface area is 113 Å². The highest BCUT2D eigenvalue weighted by Gasteiger charge is 2.34. The van der Waals surface area contributed by atoms with Crippen molar-refractivity contribution in [2.75, 3.05) is 5.73 Å². The lowest BCUT2D eigenvalue weighted by Gasteiger charge is -2.15. The number of nitrogens with one attached hydrogen (secondary N) is 1. The molecule has 0 saturated carbocycles. The molecular weight excluding hydrogens is 253 g/mol. The molecule has 0 atom stereocenters. The highest BCUT2D eigenvalue weighted by atomic mass is 19.4. The summed E-state index contributed by atoms with van der Waals surface area (Å²) in [6.45, 7) is 10.8. The Bertz CT molecular complexity index is 410. The van der Waals surface area contributed by atoms with Crippen molar-refractivity contribution >= 4 is 11.4 Å². The van der Waals surface area contributed by atoms with Crippen LogP contribution in [0.4, 0.5) is 18.9 Å². The number of nitrogen functional groups attached to an aromatic ring is 1. The van der Waals surface area contributed by atoms with Gasteiger partial charge in [-0.1, -0.05) is 27.7 Å². The standard InChI is InChI=1S/C10H11F3N2.2C2H6/c1-5-3-7(10(11,12)13)9(6(2)14)8(15)4-5;2*1-2/h3-4,14H,15H2,1-2H3;2*1-2H3. The molecule has 0 saturated heterocycles. The fourth-order valence-corrected chi connectivity index (χ4v) is 1.46. The van der Waals surface area contributed by atoms with E-state index in [2.05, 4.69) is 0 Å². The van der Waals surface area contributed by atoms with Crippen molar-refractivity contribution in [1.29, 1.82) is 5.41 Å². The van der Waals surface area contributed by atoms with Gasteiger partial charge < -0.3 is 11.1 Å². The first-order valence-corrected chi connectivity index (χ1v) is 6.26. The second kappa shape index (κ2) is 8.56. The van der Waals surface area contributed by atoms with Crippen LogP contribution in [-0.4, -0.2) is 5.71 Å². The summed E-state index contributed by atoms with van der Waals surface area (Å²) in [5, 5.41) is 7.29. The van der Waals surface area contributed by atoms with Gasteiger partial charge in [-0.05, 0) is 31.5 Å². The van der Waals surface area contributed by atoms with Crippen LogP contribution in [0.5, 0.6) is 0 Å². The molecule has 19 heavy (non-hydrogen) atoms. The number of nitrogens with two attached hydrogens (primary N) is 1. The Morgan fingerprint density at radius 1 is 1.11 bits per heavy atom. The predicted molar refractivity (Wildman–Crippen MR) is 75.8 cm³/mol. The van der Waals surface area contributed by atoms with Gasteiger partial charge in [0.05, 0.1) is 5.56 Å². The van der Waals surface area contributed by atoms with Gasteiger partial charge in [0.1, 0.15) is 0 Å². The molecule has 0 bridgehead atoms. The maximum absolute atomic E-state index is 12.6. The van der Waals surface area contributed by atoms with Gasteiger partial charge in [0.25, 0.3) is 0 Å². The molecule has 0 aliphatic heterocycles. The summed E-state index contributed by atoms with van der Waals surface area (Å²) in [5.41, 5.74) is 4.66. The van der Waals surface area contributed by atoms with Crippen molar-refractivity contribution in [1.82, 2.24) is 0 Å². The first-order chi connectivity index (χ1) is 8.73. The number of aryl methyl sites for hydroxylation is 1. The zero-order chi connectivity index (χ0) is 15.8. The number of hydrogen-bond donors (Lipinski definition) is 2. The monoisotopic (exact) mass is 276 g/mol. The number of alkyl halides is 3. The van der Waals surface area contributed by atoms with E-state index in [1.165, 1.54) is 19.9 Å². The molecule has 0 amide bonds. The second-order valence-corrected chi connectivity index (χ2v) is 3.40. The van der Waals surface area contributed by atoms with Crippen LogP contribution in [0.25, 0.3) is 0 Å². The Hall–Kier alpha value is -1.52. The molecule has 0 radical (unpaired) electrons. The van der Waals surface area contributed by atoms with Crippen LogP contribution in [0, 0.1) is 12.3 Å². The molecule has 1 aromatic carbocycles. The Morgan fingerprint density at radius 3 is 1.84 bits per heavy atom. The van der Waals surface area contributed by atoms with E-state index in [0.717, 1.165) is 6.07 Å². The summed E-state index contributed by atoms with van der Waals surface area (Å²) in [6.07, 6.45) is -4.47. The van der Waals surface area contributed by atoms with Crippen molar-refractivity contribution in [3.8, 4) is 0 Å². The fraction of sp³-hybridized carbons (Fsp3) is 0.500. The molecule has 2 nitrogen and oxygen atoms in total. The molecule has 1 aromatic rings. The lowest BCUT2D eigenvalue weighted by Crippen LogP contribution is -2.14. The molecular formula is C14H23F3N2. The SMILES string of the molecule is CC.CC.CC(=N)c1c(N)cc(C)cc1C(F)(F)F. The van der Waals surface area contributed by atoms with E-state index in [9.17, 15) is 13.2 Å². The van der Waals surface area contributed by atoms with Gasteiger partial charge in [0.2, 0.25) is 0 Å². The third-order valence-corrected chi connectivity index (χ3v) is 1.99. The minimum absolute atomic E-state index is 0.00479. The summed E-state index contributed by atoms with van der Waals surface area (Å²) in [4.78, 5) is 0. The van der Waals surface area contributed by atoms with Gasteiger partial charge in [0, 0.05) is 17.0 Å². The molecule has 0 unspecified atom stereocenters. The average Bonchev–Trinajstić information content (AvgIpc) is 2.31. The molecule has 0 spiro atoms. The third kappa shape index (κ3) is 5.77. The van der Waals surface area contributed by atoms with Gasteiger partial charge in [-0.15, -0.1) is 0 Å². The van der Waals surface area contributed by atoms with E-state index in [0.29, 0.717) is 5.56 Å². The first-order valence-electron chi connectivity index (χ1n) is 6.26. The lowest BCUT2D eigenvalue weighted by molar-refractivity contribution is -0.137. The van der Waals surface area contributed by atoms with Gasteiger partial charge in [-0.2, -0.15) is 13.2 Å². The third-order valence-electron chi connectivity index (χ3n) is 1.99. The second-order valence-electron chi connectivity index (χ2n) is 3.40. The maximum Gasteiger partial charge on any atom is 0.417 e. The average molecular weight is 276 g/mol. The highest BCUT2D eigenvalue weighted by Crippen LogP contribution is 2.35. The zero-order valence-corrected chi connectivity index (χ0v) is 12.4. The van der Waals surface area contributed by atoms with E-state index in [4.69, 9.17) is 11.1 Å². The topological polar surface area (TPSA) is 49.9 Å². The summed E-state index contributed by atoms with van der Waals surface area (Å²) in [7, 11) is 0. The van der Waals surface area contributed by atoms with E-state index < -0.39 is 11.7 Å². The largest absolute Gasteiger partial charge is 0.417 e. The zero-order valence-electron chi connectivity index (χ0n) is 12.4. The molecule has 1 rings (SSSR count). The van der Waals surface area contributed by atoms with Crippen molar-refractivity contribution in [3.05, 3.63) is 28.8 Å². The predicted octanol–water partition coefficient (Wildman–Crippen LogP) is 5.04. The minimum atomic E-state index is -4.47. The molecule has 0 aliphatic carbocycles. The van der Waals surface area contributed by atoms with E-state index in [-0.39, 0.29) is 17.0 Å². The van der Waals surface area contributed by atoms with E-state index >= 15 is 0 Å². The summed E-state index contributed by atoms with van der Waals surface area (Å²) in [5.74, 6) is 0. The Balaban J connectivity index is 0. The highest BCUT2D eigenvalue weighted by molar-refractivity contribution is 6.02. The van der Waals surface area contributed by atoms with Crippen LogP contribution in [0.2, 0.25) is 0 Å². The lowest BCUT2D eigenvalue weighted by atomic mass is 9.98. The Kier molecular flexibility index (Phi) is 8.92. The number of anilines is 1. The van der Waals surface area contributed by atoms with Gasteiger partial charge in [-0.3, -0.25) is 0 Å². The van der Waals surface area contributed by atoms with Crippen LogP contribution in [0.3, 0.4) is 0 Å². The molecule has 0 aromatic heterocycles. The molecule has 3 N–H and O–H groups in total. The smallest absolute Gasteiger partial charge is 0.398 e. The number of benzene rings is 1. The first kappa shape index (κ1) is 19.8. The molecule has 0 fully saturated rings. The summed E-state index contributed by atoms with van der Waals surface area (Å²) < 4.78 is 37.8. The molecule has 5 heteroatoms. The van der Waals surface area contributed by atoms with Crippen LogP contribution in [0.1, 0.15) is 51.3 Å².